The molecular weight excluding hydrogens is 292 g/mol. The van der Waals surface area contributed by atoms with Crippen molar-refractivity contribution in [1.82, 2.24) is 15.4 Å². The van der Waals surface area contributed by atoms with Crippen molar-refractivity contribution in [2.45, 2.75) is 13.8 Å². The summed E-state index contributed by atoms with van der Waals surface area (Å²) in [5, 5.41) is 11.8. The molecule has 0 saturated heterocycles. The fourth-order valence-electron chi connectivity index (χ4n) is 2.37. The summed E-state index contributed by atoms with van der Waals surface area (Å²) in [4.78, 5) is 20.6. The molecule has 3 rings (SSSR count). The molecule has 0 spiro atoms. The van der Waals surface area contributed by atoms with Gasteiger partial charge in [0, 0.05) is 11.4 Å². The number of benzene rings is 2. The molecule has 1 aromatic heterocycles. The highest BCUT2D eigenvalue weighted by Crippen LogP contribution is 2.24. The molecule has 1 heterocycles. The first-order valence-corrected chi connectivity index (χ1v) is 7.13. The van der Waals surface area contributed by atoms with Crippen LogP contribution in [-0.4, -0.2) is 21.0 Å². The van der Waals surface area contributed by atoms with E-state index in [9.17, 15) is 9.90 Å². The summed E-state index contributed by atoms with van der Waals surface area (Å²) in [6.45, 7) is 3.69. The van der Waals surface area contributed by atoms with E-state index >= 15 is 0 Å². The number of carbonyl (C=O) groups excluding carboxylic acids is 1. The van der Waals surface area contributed by atoms with Crippen LogP contribution in [0.3, 0.4) is 0 Å². The van der Waals surface area contributed by atoms with E-state index in [0.717, 1.165) is 22.2 Å². The molecule has 0 bridgehead atoms. The molecule has 3 N–H and O–H groups in total. The van der Waals surface area contributed by atoms with Crippen LogP contribution in [0.5, 0.6) is 5.75 Å². The van der Waals surface area contributed by atoms with Crippen LogP contribution in [0.15, 0.2) is 42.5 Å². The van der Waals surface area contributed by atoms with Gasteiger partial charge in [-0.2, -0.15) is 0 Å². The fraction of sp³-hybridized carbons (Fsp3) is 0.118. The van der Waals surface area contributed by atoms with Gasteiger partial charge in [0.25, 0.3) is 5.91 Å². The third-order valence-corrected chi connectivity index (χ3v) is 3.38. The van der Waals surface area contributed by atoms with E-state index in [1.54, 1.807) is 12.1 Å². The summed E-state index contributed by atoms with van der Waals surface area (Å²) in [7, 11) is 0. The number of nitrogens with one attached hydrogen (secondary N) is 2. The van der Waals surface area contributed by atoms with E-state index in [1.165, 1.54) is 0 Å². The summed E-state index contributed by atoms with van der Waals surface area (Å²) in [6.07, 6.45) is 0. The van der Waals surface area contributed by atoms with Crippen molar-refractivity contribution in [2.75, 3.05) is 5.43 Å². The van der Waals surface area contributed by atoms with Crippen LogP contribution in [0.1, 0.15) is 21.7 Å². The molecule has 3 aromatic rings. The van der Waals surface area contributed by atoms with Crippen molar-refractivity contribution in [1.29, 1.82) is 0 Å². The van der Waals surface area contributed by atoms with Crippen molar-refractivity contribution < 1.29 is 9.90 Å². The van der Waals surface area contributed by atoms with Crippen molar-refractivity contribution in [3.05, 3.63) is 59.4 Å². The van der Waals surface area contributed by atoms with E-state index in [4.69, 9.17) is 0 Å². The van der Waals surface area contributed by atoms with Gasteiger partial charge >= 0.3 is 0 Å². The van der Waals surface area contributed by atoms with Crippen molar-refractivity contribution in [3.8, 4) is 5.75 Å². The Bertz CT molecular complexity index is 873. The SMILES string of the molecule is Cc1cc(C)nc(NNC(=O)c2cc3ccccc3cc2O)n1. The average Bonchev–Trinajstić information content (AvgIpc) is 2.51. The summed E-state index contributed by atoms with van der Waals surface area (Å²) >= 11 is 0. The van der Waals surface area contributed by atoms with Gasteiger partial charge in [-0.15, -0.1) is 0 Å². The maximum atomic E-state index is 12.3. The van der Waals surface area contributed by atoms with Crippen LogP contribution in [0, 0.1) is 13.8 Å². The van der Waals surface area contributed by atoms with Crippen molar-refractivity contribution in [3.63, 3.8) is 0 Å². The van der Waals surface area contributed by atoms with E-state index in [2.05, 4.69) is 20.8 Å². The van der Waals surface area contributed by atoms with Crippen LogP contribution < -0.4 is 10.9 Å². The predicted molar refractivity (Wildman–Crippen MR) is 88.2 cm³/mol. The first-order chi connectivity index (χ1) is 11.0. The van der Waals surface area contributed by atoms with Crippen LogP contribution in [0.2, 0.25) is 0 Å². The minimum atomic E-state index is -0.462. The molecule has 0 aliphatic heterocycles. The molecule has 0 unspecified atom stereocenters. The number of hydrazine groups is 1. The Balaban J connectivity index is 1.81. The third-order valence-electron chi connectivity index (χ3n) is 3.38. The molecule has 0 fully saturated rings. The standard InChI is InChI=1S/C17H16N4O2/c1-10-7-11(2)19-17(18-10)21-20-16(23)14-8-12-5-3-4-6-13(12)9-15(14)22/h3-9,22H,1-2H3,(H,20,23)(H,18,19,21). The Morgan fingerprint density at radius 3 is 2.26 bits per heavy atom. The molecule has 0 atom stereocenters. The highest BCUT2D eigenvalue weighted by atomic mass is 16.3. The van der Waals surface area contributed by atoms with E-state index < -0.39 is 5.91 Å². The lowest BCUT2D eigenvalue weighted by Gasteiger charge is -2.10. The zero-order valence-electron chi connectivity index (χ0n) is 12.8. The normalized spacial score (nSPS) is 10.5. The lowest BCUT2D eigenvalue weighted by atomic mass is 10.1. The van der Waals surface area contributed by atoms with Gasteiger partial charge in [-0.3, -0.25) is 15.6 Å². The molecule has 0 aliphatic carbocycles. The first kappa shape index (κ1) is 14.8. The Morgan fingerprint density at radius 1 is 1.00 bits per heavy atom. The first-order valence-electron chi connectivity index (χ1n) is 7.13. The minimum Gasteiger partial charge on any atom is -0.507 e. The maximum absolute atomic E-state index is 12.3. The highest BCUT2D eigenvalue weighted by Gasteiger charge is 2.12. The number of aromatic nitrogens is 2. The van der Waals surface area contributed by atoms with Crippen molar-refractivity contribution in [2.24, 2.45) is 0 Å². The topological polar surface area (TPSA) is 87.1 Å². The zero-order valence-corrected chi connectivity index (χ0v) is 12.8. The Hall–Kier alpha value is -3.15. The number of phenolic OH excluding ortho intramolecular Hbond substituents is 1. The van der Waals surface area contributed by atoms with E-state index in [1.807, 2.05) is 44.2 Å². The summed E-state index contributed by atoms with van der Waals surface area (Å²) in [6, 6.07) is 12.6. The molecule has 0 aliphatic rings. The molecule has 0 saturated carbocycles. The van der Waals surface area contributed by atoms with Crippen LogP contribution in [-0.2, 0) is 0 Å². The number of phenols is 1. The minimum absolute atomic E-state index is 0.0793. The zero-order chi connectivity index (χ0) is 16.4. The van der Waals surface area contributed by atoms with Gasteiger partial charge in [-0.1, -0.05) is 24.3 Å². The fourth-order valence-corrected chi connectivity index (χ4v) is 2.37. The Morgan fingerprint density at radius 2 is 1.61 bits per heavy atom. The van der Waals surface area contributed by atoms with Crippen LogP contribution in [0.25, 0.3) is 10.8 Å². The predicted octanol–water partition coefficient (Wildman–Crippen LogP) is 2.71. The molecule has 23 heavy (non-hydrogen) atoms. The van der Waals surface area contributed by atoms with Gasteiger partial charge in [-0.05, 0) is 42.8 Å². The molecular formula is C17H16N4O2. The smallest absolute Gasteiger partial charge is 0.273 e. The van der Waals surface area contributed by atoms with Crippen molar-refractivity contribution >= 4 is 22.6 Å². The van der Waals surface area contributed by atoms with Gasteiger partial charge in [-0.25, -0.2) is 9.97 Å². The number of rotatable bonds is 3. The quantitative estimate of drug-likeness (QED) is 0.648. The molecule has 6 nitrogen and oxygen atoms in total. The molecule has 2 aromatic carbocycles. The second-order valence-electron chi connectivity index (χ2n) is 5.27. The highest BCUT2D eigenvalue weighted by molar-refractivity contribution is 6.01. The number of aryl methyl sites for hydroxylation is 2. The summed E-state index contributed by atoms with van der Waals surface area (Å²) in [5.41, 5.74) is 6.94. The summed E-state index contributed by atoms with van der Waals surface area (Å²) in [5.74, 6) is -0.239. The summed E-state index contributed by atoms with van der Waals surface area (Å²) < 4.78 is 0. The lowest BCUT2D eigenvalue weighted by molar-refractivity contribution is 0.0960. The van der Waals surface area contributed by atoms with Crippen LogP contribution >= 0.6 is 0 Å². The van der Waals surface area contributed by atoms with E-state index in [0.29, 0.717) is 5.95 Å². The van der Waals surface area contributed by atoms with Gasteiger partial charge in [0.05, 0.1) is 5.56 Å². The second kappa shape index (κ2) is 5.92. The monoisotopic (exact) mass is 308 g/mol. The Kier molecular flexibility index (Phi) is 3.80. The third kappa shape index (κ3) is 3.21. The number of amides is 1. The molecule has 116 valence electrons. The average molecular weight is 308 g/mol. The lowest BCUT2D eigenvalue weighted by Crippen LogP contribution is -2.30. The number of aromatic hydroxyl groups is 1. The second-order valence-corrected chi connectivity index (χ2v) is 5.27. The number of fused-ring (bicyclic) bond motifs is 1. The number of anilines is 1. The molecule has 0 radical (unpaired) electrons. The number of nitrogens with zero attached hydrogens (tertiary/aromatic N) is 2. The van der Waals surface area contributed by atoms with Crippen LogP contribution in [0.4, 0.5) is 5.95 Å². The van der Waals surface area contributed by atoms with Gasteiger partial charge in [0.15, 0.2) is 0 Å². The largest absolute Gasteiger partial charge is 0.507 e. The van der Waals surface area contributed by atoms with Gasteiger partial charge < -0.3 is 5.11 Å². The van der Waals surface area contributed by atoms with Gasteiger partial charge in [0.1, 0.15) is 5.75 Å². The van der Waals surface area contributed by atoms with Gasteiger partial charge in [0.2, 0.25) is 5.95 Å². The maximum Gasteiger partial charge on any atom is 0.273 e. The molecule has 6 heteroatoms. The van der Waals surface area contributed by atoms with E-state index in [-0.39, 0.29) is 11.3 Å². The number of hydrogen-bond donors (Lipinski definition) is 3. The number of hydrogen-bond acceptors (Lipinski definition) is 5. The number of carbonyl (C=O) groups is 1. The Labute approximate surface area is 133 Å². The molecule has 1 amide bonds.